The molecule has 2 saturated carbocycles. The quantitative estimate of drug-likeness (QED) is 0.605. The first kappa shape index (κ1) is 9.23. The molecular formula is C12H20O. The first-order chi connectivity index (χ1) is 6.38. The van der Waals surface area contributed by atoms with Gasteiger partial charge in [0.1, 0.15) is 5.78 Å². The number of Topliss-reactive ketones (excluding diaryl/α,β-unsaturated/α-hetero) is 1. The lowest BCUT2D eigenvalue weighted by Crippen LogP contribution is -2.28. The van der Waals surface area contributed by atoms with E-state index in [0.29, 0.717) is 11.7 Å². The van der Waals surface area contributed by atoms with Crippen LogP contribution in [0.1, 0.15) is 57.8 Å². The highest BCUT2D eigenvalue weighted by atomic mass is 16.1. The molecule has 0 saturated heterocycles. The van der Waals surface area contributed by atoms with Crippen molar-refractivity contribution in [3.8, 4) is 0 Å². The van der Waals surface area contributed by atoms with E-state index in [1.807, 2.05) is 0 Å². The molecule has 0 heterocycles. The molecule has 0 aromatic carbocycles. The maximum atomic E-state index is 11.7. The third-order valence-electron chi connectivity index (χ3n) is 3.82. The van der Waals surface area contributed by atoms with Crippen LogP contribution in [0.25, 0.3) is 0 Å². The van der Waals surface area contributed by atoms with E-state index in [2.05, 4.69) is 0 Å². The van der Waals surface area contributed by atoms with Gasteiger partial charge >= 0.3 is 0 Å². The van der Waals surface area contributed by atoms with Gasteiger partial charge in [0, 0.05) is 12.3 Å². The van der Waals surface area contributed by atoms with Gasteiger partial charge in [-0.15, -0.1) is 0 Å². The van der Waals surface area contributed by atoms with Gasteiger partial charge in [-0.25, -0.2) is 0 Å². The molecule has 2 aliphatic rings. The highest BCUT2D eigenvalue weighted by molar-refractivity contribution is 5.81. The molecule has 0 bridgehead atoms. The fourth-order valence-electron chi connectivity index (χ4n) is 3.04. The third kappa shape index (κ3) is 2.12. The van der Waals surface area contributed by atoms with Crippen molar-refractivity contribution in [1.29, 1.82) is 0 Å². The number of carbonyl (C=O) groups is 1. The van der Waals surface area contributed by atoms with Crippen LogP contribution in [-0.2, 0) is 4.79 Å². The van der Waals surface area contributed by atoms with Gasteiger partial charge in [0.05, 0.1) is 0 Å². The van der Waals surface area contributed by atoms with Crippen LogP contribution in [0.3, 0.4) is 0 Å². The lowest BCUT2D eigenvalue weighted by molar-refractivity contribution is -0.126. The first-order valence-electron chi connectivity index (χ1n) is 5.90. The molecule has 0 spiro atoms. The van der Waals surface area contributed by atoms with E-state index in [0.717, 1.165) is 18.8 Å². The number of rotatable bonds is 1. The third-order valence-corrected chi connectivity index (χ3v) is 3.82. The average molecular weight is 180 g/mol. The molecular weight excluding hydrogens is 160 g/mol. The van der Waals surface area contributed by atoms with E-state index in [1.165, 1.54) is 44.9 Å². The topological polar surface area (TPSA) is 17.1 Å². The van der Waals surface area contributed by atoms with Gasteiger partial charge in [-0.05, 0) is 31.6 Å². The van der Waals surface area contributed by atoms with Crippen molar-refractivity contribution in [2.75, 3.05) is 0 Å². The van der Waals surface area contributed by atoms with E-state index >= 15 is 0 Å². The van der Waals surface area contributed by atoms with Crippen LogP contribution in [0.15, 0.2) is 0 Å². The molecule has 0 unspecified atom stereocenters. The summed E-state index contributed by atoms with van der Waals surface area (Å²) in [7, 11) is 0. The summed E-state index contributed by atoms with van der Waals surface area (Å²) < 4.78 is 0. The highest BCUT2D eigenvalue weighted by Gasteiger charge is 2.30. The summed E-state index contributed by atoms with van der Waals surface area (Å²) in [6.45, 7) is 0. The Balaban J connectivity index is 1.92. The van der Waals surface area contributed by atoms with Gasteiger partial charge in [0.25, 0.3) is 0 Å². The zero-order valence-electron chi connectivity index (χ0n) is 8.43. The number of hydrogen-bond acceptors (Lipinski definition) is 1. The SMILES string of the molecule is O=C1CCCC[C@@H]1C1CCCCC1. The summed E-state index contributed by atoms with van der Waals surface area (Å²) in [4.78, 5) is 11.7. The Labute approximate surface area is 80.9 Å². The molecule has 0 aromatic heterocycles. The lowest BCUT2D eigenvalue weighted by Gasteiger charge is -2.31. The van der Waals surface area contributed by atoms with Gasteiger partial charge < -0.3 is 0 Å². The molecule has 1 heteroatoms. The van der Waals surface area contributed by atoms with Crippen LogP contribution in [0.2, 0.25) is 0 Å². The zero-order valence-corrected chi connectivity index (χ0v) is 8.43. The molecule has 13 heavy (non-hydrogen) atoms. The highest BCUT2D eigenvalue weighted by Crippen LogP contribution is 2.36. The molecule has 0 amide bonds. The predicted molar refractivity (Wildman–Crippen MR) is 53.5 cm³/mol. The smallest absolute Gasteiger partial charge is 0.136 e. The molecule has 0 aliphatic heterocycles. The molecule has 2 fully saturated rings. The average Bonchev–Trinajstić information content (AvgIpc) is 2.20. The Hall–Kier alpha value is -0.330. The van der Waals surface area contributed by atoms with Crippen LogP contribution in [0, 0.1) is 11.8 Å². The minimum atomic E-state index is 0.467. The van der Waals surface area contributed by atoms with E-state index in [-0.39, 0.29) is 0 Å². The predicted octanol–water partition coefficient (Wildman–Crippen LogP) is 3.33. The van der Waals surface area contributed by atoms with Crippen LogP contribution >= 0.6 is 0 Å². The monoisotopic (exact) mass is 180 g/mol. The standard InChI is InChI=1S/C12H20O/c13-12-9-5-4-8-11(12)10-6-2-1-3-7-10/h10-11H,1-9H2/t11-/m1/s1. The van der Waals surface area contributed by atoms with Gasteiger partial charge in [-0.1, -0.05) is 25.7 Å². The second-order valence-electron chi connectivity index (χ2n) is 4.72. The van der Waals surface area contributed by atoms with Crippen molar-refractivity contribution in [2.45, 2.75) is 57.8 Å². The van der Waals surface area contributed by atoms with Crippen molar-refractivity contribution in [1.82, 2.24) is 0 Å². The summed E-state index contributed by atoms with van der Waals surface area (Å²) in [6.07, 6.45) is 11.3. The van der Waals surface area contributed by atoms with Gasteiger partial charge in [0.2, 0.25) is 0 Å². The fourth-order valence-corrected chi connectivity index (χ4v) is 3.04. The van der Waals surface area contributed by atoms with E-state index in [1.54, 1.807) is 0 Å². The molecule has 0 aromatic rings. The maximum Gasteiger partial charge on any atom is 0.136 e. The Bertz CT molecular complexity index is 180. The maximum absolute atomic E-state index is 11.7. The first-order valence-corrected chi connectivity index (χ1v) is 5.90. The minimum Gasteiger partial charge on any atom is -0.299 e. The summed E-state index contributed by atoms with van der Waals surface area (Å²) in [6, 6.07) is 0. The van der Waals surface area contributed by atoms with Crippen LogP contribution in [-0.4, -0.2) is 5.78 Å². The Morgan fingerprint density at radius 1 is 0.846 bits per heavy atom. The normalized spacial score (nSPS) is 32.0. The Morgan fingerprint density at radius 2 is 1.54 bits per heavy atom. The van der Waals surface area contributed by atoms with Crippen LogP contribution < -0.4 is 0 Å². The molecule has 0 radical (unpaired) electrons. The van der Waals surface area contributed by atoms with Crippen molar-refractivity contribution < 1.29 is 4.79 Å². The fraction of sp³-hybridized carbons (Fsp3) is 0.917. The van der Waals surface area contributed by atoms with Crippen LogP contribution in [0.5, 0.6) is 0 Å². The van der Waals surface area contributed by atoms with Crippen molar-refractivity contribution in [3.05, 3.63) is 0 Å². The summed E-state index contributed by atoms with van der Waals surface area (Å²) in [5.41, 5.74) is 0. The summed E-state index contributed by atoms with van der Waals surface area (Å²) in [5.74, 6) is 1.81. The number of ketones is 1. The van der Waals surface area contributed by atoms with E-state index in [9.17, 15) is 4.79 Å². The summed E-state index contributed by atoms with van der Waals surface area (Å²) >= 11 is 0. The lowest BCUT2D eigenvalue weighted by atomic mass is 9.73. The minimum absolute atomic E-state index is 0.467. The van der Waals surface area contributed by atoms with Crippen molar-refractivity contribution in [2.24, 2.45) is 11.8 Å². The van der Waals surface area contributed by atoms with Gasteiger partial charge in [-0.3, -0.25) is 4.79 Å². The van der Waals surface area contributed by atoms with Gasteiger partial charge in [0.15, 0.2) is 0 Å². The second kappa shape index (κ2) is 4.26. The van der Waals surface area contributed by atoms with Crippen LogP contribution in [0.4, 0.5) is 0 Å². The Kier molecular flexibility index (Phi) is 3.02. The molecule has 1 nitrogen and oxygen atoms in total. The van der Waals surface area contributed by atoms with Crippen molar-refractivity contribution in [3.63, 3.8) is 0 Å². The molecule has 2 aliphatic carbocycles. The largest absolute Gasteiger partial charge is 0.299 e. The van der Waals surface area contributed by atoms with Gasteiger partial charge in [-0.2, -0.15) is 0 Å². The van der Waals surface area contributed by atoms with E-state index in [4.69, 9.17) is 0 Å². The molecule has 74 valence electrons. The molecule has 0 N–H and O–H groups in total. The Morgan fingerprint density at radius 3 is 2.23 bits per heavy atom. The second-order valence-corrected chi connectivity index (χ2v) is 4.72. The zero-order chi connectivity index (χ0) is 9.10. The summed E-state index contributed by atoms with van der Waals surface area (Å²) in [5, 5.41) is 0. The molecule has 2 rings (SSSR count). The van der Waals surface area contributed by atoms with Crippen molar-refractivity contribution >= 4 is 5.78 Å². The number of carbonyl (C=O) groups excluding carboxylic acids is 1. The number of hydrogen-bond donors (Lipinski definition) is 0. The van der Waals surface area contributed by atoms with E-state index < -0.39 is 0 Å². The molecule has 1 atom stereocenters.